The Labute approximate surface area is 112 Å². The van der Waals surface area contributed by atoms with Gasteiger partial charge < -0.3 is 10.8 Å². The molecule has 1 aromatic carbocycles. The summed E-state index contributed by atoms with van der Waals surface area (Å²) in [6, 6.07) is 1.16. The van der Waals surface area contributed by atoms with E-state index in [9.17, 15) is 18.3 Å². The second-order valence-electron chi connectivity index (χ2n) is 5.20. The summed E-state index contributed by atoms with van der Waals surface area (Å²) in [4.78, 5) is 0. The maximum absolute atomic E-state index is 12.9. The van der Waals surface area contributed by atoms with Crippen LogP contribution in [0, 0.1) is 5.41 Å². The number of phenolic OH excluding ortho intramolecular Hbond substituents is 1. The van der Waals surface area contributed by atoms with Crippen LogP contribution in [-0.4, -0.2) is 5.11 Å². The van der Waals surface area contributed by atoms with Gasteiger partial charge in [-0.2, -0.15) is 13.2 Å². The quantitative estimate of drug-likeness (QED) is 0.812. The first-order valence-electron chi connectivity index (χ1n) is 5.30. The molecule has 2 nitrogen and oxygen atoms in total. The largest absolute Gasteiger partial charge is 0.506 e. The summed E-state index contributed by atoms with van der Waals surface area (Å²) in [7, 11) is 0. The minimum atomic E-state index is -4.55. The summed E-state index contributed by atoms with van der Waals surface area (Å²) in [6.07, 6.45) is -4.55. The Balaban J connectivity index is 3.53. The minimum Gasteiger partial charge on any atom is -0.506 e. The molecule has 1 atom stereocenters. The number of aromatic hydroxyl groups is 1. The van der Waals surface area contributed by atoms with Gasteiger partial charge in [0.1, 0.15) is 5.75 Å². The number of alkyl halides is 3. The van der Waals surface area contributed by atoms with Crippen molar-refractivity contribution in [3.05, 3.63) is 27.7 Å². The number of benzene rings is 1. The maximum atomic E-state index is 12.9. The average Bonchev–Trinajstić information content (AvgIpc) is 2.17. The Bertz CT molecular complexity index is 452. The number of phenols is 1. The summed E-state index contributed by atoms with van der Waals surface area (Å²) in [5.41, 5.74) is 4.09. The normalized spacial score (nSPS) is 14.7. The van der Waals surface area contributed by atoms with Crippen LogP contribution in [0.1, 0.15) is 37.9 Å². The Hall–Kier alpha value is -0.750. The maximum Gasteiger partial charge on any atom is 0.416 e. The van der Waals surface area contributed by atoms with Crippen molar-refractivity contribution < 1.29 is 18.3 Å². The third-order valence-electron chi connectivity index (χ3n) is 2.72. The summed E-state index contributed by atoms with van der Waals surface area (Å²) >= 11 is 3.01. The molecule has 1 rings (SSSR count). The van der Waals surface area contributed by atoms with Crippen molar-refractivity contribution in [3.63, 3.8) is 0 Å². The molecule has 3 N–H and O–H groups in total. The van der Waals surface area contributed by atoms with Gasteiger partial charge in [0.05, 0.1) is 10.0 Å². The highest BCUT2D eigenvalue weighted by Crippen LogP contribution is 2.45. The topological polar surface area (TPSA) is 46.2 Å². The Kier molecular flexibility index (Phi) is 4.03. The van der Waals surface area contributed by atoms with Crippen LogP contribution in [0.4, 0.5) is 13.2 Å². The van der Waals surface area contributed by atoms with E-state index >= 15 is 0 Å². The second kappa shape index (κ2) is 4.74. The highest BCUT2D eigenvalue weighted by Gasteiger charge is 2.39. The van der Waals surface area contributed by atoms with Crippen LogP contribution < -0.4 is 5.73 Å². The second-order valence-corrected chi connectivity index (χ2v) is 6.05. The van der Waals surface area contributed by atoms with E-state index in [1.807, 2.05) is 0 Å². The first-order chi connectivity index (χ1) is 7.96. The van der Waals surface area contributed by atoms with Gasteiger partial charge in [-0.15, -0.1) is 0 Å². The van der Waals surface area contributed by atoms with Crippen molar-refractivity contribution in [2.24, 2.45) is 11.1 Å². The monoisotopic (exact) mass is 325 g/mol. The molecule has 18 heavy (non-hydrogen) atoms. The van der Waals surface area contributed by atoms with Crippen LogP contribution in [0.5, 0.6) is 5.75 Å². The molecule has 0 aliphatic carbocycles. The SMILES string of the molecule is CC(C)(C)[C@H](N)c1c(C(F)(F)F)ccc(Br)c1O. The zero-order chi connectivity index (χ0) is 14.3. The predicted molar refractivity (Wildman–Crippen MR) is 67.2 cm³/mol. The lowest BCUT2D eigenvalue weighted by Crippen LogP contribution is -2.29. The Morgan fingerprint density at radius 3 is 2.11 bits per heavy atom. The van der Waals surface area contributed by atoms with Gasteiger partial charge in [-0.1, -0.05) is 20.8 Å². The molecule has 6 heteroatoms. The molecule has 0 amide bonds. The van der Waals surface area contributed by atoms with E-state index < -0.39 is 28.9 Å². The fraction of sp³-hybridized carbons (Fsp3) is 0.500. The number of nitrogens with two attached hydrogens (primary N) is 1. The summed E-state index contributed by atoms with van der Waals surface area (Å²) < 4.78 is 39.0. The first kappa shape index (κ1) is 15.3. The number of hydrogen-bond donors (Lipinski definition) is 2. The molecular weight excluding hydrogens is 311 g/mol. The predicted octanol–water partition coefficient (Wildman–Crippen LogP) is 4.22. The summed E-state index contributed by atoms with van der Waals surface area (Å²) in [6.45, 7) is 5.16. The molecule has 0 aromatic heterocycles. The van der Waals surface area contributed by atoms with Gasteiger partial charge >= 0.3 is 6.18 Å². The molecule has 0 spiro atoms. The Morgan fingerprint density at radius 1 is 1.22 bits per heavy atom. The lowest BCUT2D eigenvalue weighted by Gasteiger charge is -2.30. The van der Waals surface area contributed by atoms with E-state index in [0.29, 0.717) is 0 Å². The van der Waals surface area contributed by atoms with E-state index in [4.69, 9.17) is 5.73 Å². The van der Waals surface area contributed by atoms with E-state index in [1.54, 1.807) is 20.8 Å². The lowest BCUT2D eigenvalue weighted by molar-refractivity contribution is -0.138. The molecule has 0 unspecified atom stereocenters. The van der Waals surface area contributed by atoms with Crippen molar-refractivity contribution in [1.82, 2.24) is 0 Å². The van der Waals surface area contributed by atoms with Crippen LogP contribution >= 0.6 is 15.9 Å². The summed E-state index contributed by atoms with van der Waals surface area (Å²) in [5.74, 6) is -0.452. The zero-order valence-corrected chi connectivity index (χ0v) is 11.9. The molecule has 1 aromatic rings. The van der Waals surface area contributed by atoms with Crippen molar-refractivity contribution in [2.45, 2.75) is 33.0 Å². The minimum absolute atomic E-state index is 0.199. The standard InChI is InChI=1S/C12H15BrF3NO/c1-11(2,3)10(17)8-6(12(14,15)16)4-5-7(13)9(8)18/h4-5,10,18H,17H2,1-3H3/t10-/m1/s1. The van der Waals surface area contributed by atoms with Crippen LogP contribution in [0.25, 0.3) is 0 Å². The molecule has 0 bridgehead atoms. The molecule has 102 valence electrons. The number of hydrogen-bond acceptors (Lipinski definition) is 2. The molecular formula is C12H15BrF3NO. The average molecular weight is 326 g/mol. The van der Waals surface area contributed by atoms with E-state index in [1.165, 1.54) is 0 Å². The fourth-order valence-electron chi connectivity index (χ4n) is 1.58. The molecule has 0 radical (unpaired) electrons. The molecule has 0 fully saturated rings. The van der Waals surface area contributed by atoms with Crippen molar-refractivity contribution >= 4 is 15.9 Å². The van der Waals surface area contributed by atoms with Crippen LogP contribution in [0.3, 0.4) is 0 Å². The van der Waals surface area contributed by atoms with Gasteiger partial charge in [0.2, 0.25) is 0 Å². The Morgan fingerprint density at radius 2 is 1.72 bits per heavy atom. The highest BCUT2D eigenvalue weighted by atomic mass is 79.9. The van der Waals surface area contributed by atoms with E-state index in [0.717, 1.165) is 12.1 Å². The van der Waals surface area contributed by atoms with Crippen molar-refractivity contribution in [1.29, 1.82) is 0 Å². The van der Waals surface area contributed by atoms with Gasteiger partial charge in [-0.05, 0) is 33.5 Å². The highest BCUT2D eigenvalue weighted by molar-refractivity contribution is 9.10. The van der Waals surface area contributed by atoms with Crippen molar-refractivity contribution in [2.75, 3.05) is 0 Å². The fourth-order valence-corrected chi connectivity index (χ4v) is 1.92. The van der Waals surface area contributed by atoms with Crippen molar-refractivity contribution in [3.8, 4) is 5.75 Å². The van der Waals surface area contributed by atoms with Gasteiger partial charge in [0.25, 0.3) is 0 Å². The van der Waals surface area contributed by atoms with Gasteiger partial charge in [0.15, 0.2) is 0 Å². The van der Waals surface area contributed by atoms with Crippen LogP contribution in [0.15, 0.2) is 16.6 Å². The zero-order valence-electron chi connectivity index (χ0n) is 10.3. The summed E-state index contributed by atoms with van der Waals surface area (Å²) in [5, 5.41) is 9.85. The molecule has 0 aliphatic heterocycles. The van der Waals surface area contributed by atoms with Gasteiger partial charge in [-0.3, -0.25) is 0 Å². The lowest BCUT2D eigenvalue weighted by atomic mass is 9.81. The van der Waals surface area contributed by atoms with Gasteiger partial charge in [-0.25, -0.2) is 0 Å². The number of halogens is 4. The van der Waals surface area contributed by atoms with Crippen LogP contribution in [0.2, 0.25) is 0 Å². The van der Waals surface area contributed by atoms with Gasteiger partial charge in [0, 0.05) is 11.6 Å². The third kappa shape index (κ3) is 2.98. The molecule has 0 saturated carbocycles. The smallest absolute Gasteiger partial charge is 0.416 e. The third-order valence-corrected chi connectivity index (χ3v) is 3.36. The first-order valence-corrected chi connectivity index (χ1v) is 6.09. The number of rotatable bonds is 1. The molecule has 0 heterocycles. The molecule has 0 aliphatic rings. The van der Waals surface area contributed by atoms with E-state index in [-0.39, 0.29) is 10.0 Å². The van der Waals surface area contributed by atoms with Crippen LogP contribution in [-0.2, 0) is 6.18 Å². The molecule has 0 saturated heterocycles. The van der Waals surface area contributed by atoms with E-state index in [2.05, 4.69) is 15.9 Å².